The monoisotopic (exact) mass is 165 g/mol. The topological polar surface area (TPSA) is 52.5 Å². The third-order valence-corrected chi connectivity index (χ3v) is 1.30. The molecule has 3 nitrogen and oxygen atoms in total. The first-order chi connectivity index (χ1) is 5.83. The number of hydrogen-bond acceptors (Lipinski definition) is 2. The van der Waals surface area contributed by atoms with Crippen molar-refractivity contribution in [2.24, 2.45) is 5.92 Å². The Labute approximate surface area is 73.4 Å². The predicted molar refractivity (Wildman–Crippen MR) is 48.4 cm³/mol. The van der Waals surface area contributed by atoms with Crippen LogP contribution in [0.5, 0.6) is 0 Å². The Morgan fingerprint density at radius 3 is 2.75 bits per heavy atom. The molecule has 0 spiro atoms. The summed E-state index contributed by atoms with van der Waals surface area (Å²) in [5, 5.41) is 8.45. The van der Waals surface area contributed by atoms with Crippen LogP contribution in [0.15, 0.2) is 12.5 Å². The highest BCUT2D eigenvalue weighted by molar-refractivity contribution is 4.99. The summed E-state index contributed by atoms with van der Waals surface area (Å²) in [6.45, 7) is 5.89. The molecule has 66 valence electrons. The second-order valence-electron chi connectivity index (χ2n) is 2.31. The van der Waals surface area contributed by atoms with Gasteiger partial charge in [0, 0.05) is 24.2 Å². The molecule has 1 rings (SSSR count). The van der Waals surface area contributed by atoms with Crippen LogP contribution in [0, 0.1) is 17.2 Å². The van der Waals surface area contributed by atoms with Crippen molar-refractivity contribution in [3.8, 4) is 6.07 Å². The van der Waals surface area contributed by atoms with Crippen molar-refractivity contribution in [1.82, 2.24) is 9.97 Å². The van der Waals surface area contributed by atoms with E-state index in [1.165, 1.54) is 0 Å². The predicted octanol–water partition coefficient (Wildman–Crippen LogP) is 2.14. The van der Waals surface area contributed by atoms with Gasteiger partial charge in [0.15, 0.2) is 0 Å². The van der Waals surface area contributed by atoms with E-state index in [0.717, 1.165) is 12.1 Å². The van der Waals surface area contributed by atoms with E-state index >= 15 is 0 Å². The lowest BCUT2D eigenvalue weighted by molar-refractivity contribution is 0.725. The number of nitriles is 1. The van der Waals surface area contributed by atoms with E-state index in [0.29, 0.717) is 0 Å². The van der Waals surface area contributed by atoms with E-state index in [9.17, 15) is 0 Å². The van der Waals surface area contributed by atoms with Crippen LogP contribution in [0.25, 0.3) is 0 Å². The normalized spacial score (nSPS) is 10.8. The van der Waals surface area contributed by atoms with Crippen LogP contribution in [0.4, 0.5) is 0 Å². The fourth-order valence-electron chi connectivity index (χ4n) is 0.772. The Morgan fingerprint density at radius 1 is 1.67 bits per heavy atom. The van der Waals surface area contributed by atoms with Gasteiger partial charge in [-0.1, -0.05) is 13.8 Å². The minimum atomic E-state index is 0.0699. The van der Waals surface area contributed by atoms with E-state index < -0.39 is 0 Å². The Hall–Kier alpha value is -1.30. The standard InChI is InChI=1S/C7H9N3.C2H6/c1-6(3-8)2-7-4-9-5-10-7;1-2/h4-6H,2H2,1H3,(H,9,10);1-2H3. The summed E-state index contributed by atoms with van der Waals surface area (Å²) in [5.41, 5.74) is 1.02. The van der Waals surface area contributed by atoms with Crippen LogP contribution in [-0.4, -0.2) is 9.97 Å². The Bertz CT molecular complexity index is 220. The number of rotatable bonds is 2. The molecular formula is C9H15N3. The minimum Gasteiger partial charge on any atom is -0.348 e. The maximum atomic E-state index is 8.45. The smallest absolute Gasteiger partial charge is 0.0921 e. The first-order valence-electron chi connectivity index (χ1n) is 4.20. The maximum absolute atomic E-state index is 8.45. The molecule has 0 bridgehead atoms. The fraction of sp³-hybridized carbons (Fsp3) is 0.556. The van der Waals surface area contributed by atoms with Gasteiger partial charge in [-0.15, -0.1) is 0 Å². The largest absolute Gasteiger partial charge is 0.348 e. The molecule has 0 aliphatic heterocycles. The fourth-order valence-corrected chi connectivity index (χ4v) is 0.772. The van der Waals surface area contributed by atoms with Crippen molar-refractivity contribution in [3.05, 3.63) is 18.2 Å². The maximum Gasteiger partial charge on any atom is 0.0921 e. The summed E-state index contributed by atoms with van der Waals surface area (Å²) < 4.78 is 0. The highest BCUT2D eigenvalue weighted by Gasteiger charge is 2.00. The van der Waals surface area contributed by atoms with Crippen LogP contribution in [0.3, 0.4) is 0 Å². The van der Waals surface area contributed by atoms with Crippen molar-refractivity contribution < 1.29 is 0 Å². The molecule has 0 radical (unpaired) electrons. The van der Waals surface area contributed by atoms with Gasteiger partial charge < -0.3 is 4.98 Å². The molecular weight excluding hydrogens is 150 g/mol. The summed E-state index contributed by atoms with van der Waals surface area (Å²) in [7, 11) is 0. The van der Waals surface area contributed by atoms with Gasteiger partial charge in [0.2, 0.25) is 0 Å². The van der Waals surface area contributed by atoms with Gasteiger partial charge in [0.05, 0.1) is 12.4 Å². The van der Waals surface area contributed by atoms with E-state index in [2.05, 4.69) is 16.0 Å². The second kappa shape index (κ2) is 6.41. The van der Waals surface area contributed by atoms with Gasteiger partial charge in [0.25, 0.3) is 0 Å². The van der Waals surface area contributed by atoms with Gasteiger partial charge in [-0.3, -0.25) is 0 Å². The number of aromatic nitrogens is 2. The Kier molecular flexibility index (Phi) is 5.72. The molecule has 1 N–H and O–H groups in total. The molecule has 0 aromatic carbocycles. The third kappa shape index (κ3) is 3.77. The average molecular weight is 165 g/mol. The van der Waals surface area contributed by atoms with Gasteiger partial charge in [-0.25, -0.2) is 4.98 Å². The number of nitrogens with one attached hydrogen (secondary N) is 1. The molecule has 0 aliphatic carbocycles. The SMILES string of the molecule is CC.CC(C#N)Cc1cnc[nH]1. The van der Waals surface area contributed by atoms with Crippen LogP contribution >= 0.6 is 0 Å². The Morgan fingerprint density at radius 2 is 2.33 bits per heavy atom. The van der Waals surface area contributed by atoms with Crippen LogP contribution in [0.1, 0.15) is 26.5 Å². The lowest BCUT2D eigenvalue weighted by Crippen LogP contribution is -1.95. The number of imidazole rings is 1. The molecule has 0 aliphatic rings. The molecule has 1 aromatic heterocycles. The van der Waals surface area contributed by atoms with Gasteiger partial charge >= 0.3 is 0 Å². The summed E-state index contributed by atoms with van der Waals surface area (Å²) in [4.78, 5) is 6.78. The highest BCUT2D eigenvalue weighted by atomic mass is 14.9. The molecule has 1 unspecified atom stereocenters. The summed E-state index contributed by atoms with van der Waals surface area (Å²) in [6.07, 6.45) is 4.13. The summed E-state index contributed by atoms with van der Waals surface area (Å²) in [6, 6.07) is 2.16. The third-order valence-electron chi connectivity index (χ3n) is 1.30. The van der Waals surface area contributed by atoms with E-state index in [-0.39, 0.29) is 5.92 Å². The Balaban J connectivity index is 0.000000561. The van der Waals surface area contributed by atoms with Crippen LogP contribution < -0.4 is 0 Å². The molecule has 0 saturated carbocycles. The zero-order chi connectivity index (χ0) is 9.40. The summed E-state index contributed by atoms with van der Waals surface area (Å²) >= 11 is 0. The molecule has 1 heterocycles. The van der Waals surface area contributed by atoms with Crippen LogP contribution in [-0.2, 0) is 6.42 Å². The molecule has 0 amide bonds. The lowest BCUT2D eigenvalue weighted by atomic mass is 10.1. The molecule has 3 heteroatoms. The van der Waals surface area contributed by atoms with Crippen molar-refractivity contribution >= 4 is 0 Å². The zero-order valence-corrected chi connectivity index (χ0v) is 7.83. The van der Waals surface area contributed by atoms with Gasteiger partial charge in [-0.2, -0.15) is 5.26 Å². The van der Waals surface area contributed by atoms with Crippen LogP contribution in [0.2, 0.25) is 0 Å². The summed E-state index contributed by atoms with van der Waals surface area (Å²) in [5.74, 6) is 0.0699. The van der Waals surface area contributed by atoms with Gasteiger partial charge in [-0.05, 0) is 6.92 Å². The first kappa shape index (κ1) is 10.7. The number of hydrogen-bond donors (Lipinski definition) is 1. The van der Waals surface area contributed by atoms with Gasteiger partial charge in [0.1, 0.15) is 0 Å². The molecule has 0 saturated heterocycles. The van der Waals surface area contributed by atoms with Crippen molar-refractivity contribution in [3.63, 3.8) is 0 Å². The lowest BCUT2D eigenvalue weighted by Gasteiger charge is -1.95. The van der Waals surface area contributed by atoms with Crippen molar-refractivity contribution in [1.29, 1.82) is 5.26 Å². The average Bonchev–Trinajstić information content (AvgIpc) is 2.60. The number of H-pyrrole nitrogens is 1. The highest BCUT2D eigenvalue weighted by Crippen LogP contribution is 2.02. The van der Waals surface area contributed by atoms with E-state index in [4.69, 9.17) is 5.26 Å². The van der Waals surface area contributed by atoms with Crippen molar-refractivity contribution in [2.75, 3.05) is 0 Å². The first-order valence-corrected chi connectivity index (χ1v) is 4.20. The van der Waals surface area contributed by atoms with E-state index in [1.54, 1.807) is 12.5 Å². The molecule has 1 atom stereocenters. The van der Waals surface area contributed by atoms with Crippen molar-refractivity contribution in [2.45, 2.75) is 27.2 Å². The molecule has 1 aromatic rings. The number of aromatic amines is 1. The number of nitrogens with zero attached hydrogens (tertiary/aromatic N) is 2. The quantitative estimate of drug-likeness (QED) is 0.729. The van der Waals surface area contributed by atoms with E-state index in [1.807, 2.05) is 20.8 Å². The second-order valence-corrected chi connectivity index (χ2v) is 2.31. The zero-order valence-electron chi connectivity index (χ0n) is 7.83. The molecule has 12 heavy (non-hydrogen) atoms. The molecule has 0 fully saturated rings. The minimum absolute atomic E-state index is 0.0699.